The highest BCUT2D eigenvalue weighted by Crippen LogP contribution is 2.26. The molecule has 2 aromatic rings. The average molecular weight is 354 g/mol. The summed E-state index contributed by atoms with van der Waals surface area (Å²) < 4.78 is 7.73. The maximum Gasteiger partial charge on any atom is 0.271 e. The fraction of sp³-hybridized carbons (Fsp3) is 0.421. The number of amides is 2. The van der Waals surface area contributed by atoms with E-state index in [4.69, 9.17) is 4.74 Å². The van der Waals surface area contributed by atoms with Crippen LogP contribution < -0.4 is 10.1 Å². The molecule has 2 fully saturated rings. The number of nitrogens with zero attached hydrogens (tertiary/aromatic N) is 3. The first-order valence-corrected chi connectivity index (χ1v) is 8.91. The number of ether oxygens (including phenoxy) is 1. The van der Waals surface area contributed by atoms with Gasteiger partial charge in [-0.25, -0.2) is 0 Å². The number of carbonyl (C=O) groups excluding carboxylic acids is 2. The van der Waals surface area contributed by atoms with Gasteiger partial charge in [0, 0.05) is 31.9 Å². The summed E-state index contributed by atoms with van der Waals surface area (Å²) in [5.41, 5.74) is 0.566. The summed E-state index contributed by atoms with van der Waals surface area (Å²) in [5.74, 6) is 0.407. The quantitative estimate of drug-likeness (QED) is 0.880. The molecule has 2 amide bonds. The molecule has 1 N–H and O–H groups in total. The van der Waals surface area contributed by atoms with Crippen molar-refractivity contribution in [3.05, 3.63) is 48.5 Å². The predicted molar refractivity (Wildman–Crippen MR) is 94.7 cm³/mol. The van der Waals surface area contributed by atoms with Gasteiger partial charge in [-0.2, -0.15) is 0 Å². The van der Waals surface area contributed by atoms with E-state index in [1.165, 1.54) is 0 Å². The third-order valence-electron chi connectivity index (χ3n) is 4.85. The lowest BCUT2D eigenvalue weighted by molar-refractivity contribution is -0.125. The molecule has 1 saturated heterocycles. The lowest BCUT2D eigenvalue weighted by Crippen LogP contribution is -2.46. The number of carbonyl (C=O) groups is 2. The Morgan fingerprint density at radius 2 is 2.12 bits per heavy atom. The van der Waals surface area contributed by atoms with Gasteiger partial charge in [0.1, 0.15) is 23.6 Å². The first kappa shape index (κ1) is 16.6. The zero-order valence-corrected chi connectivity index (χ0v) is 14.7. The van der Waals surface area contributed by atoms with Gasteiger partial charge < -0.3 is 19.5 Å². The van der Waals surface area contributed by atoms with Gasteiger partial charge in [0.2, 0.25) is 5.91 Å². The normalized spacial score (nSPS) is 22.3. The molecule has 4 rings (SSSR count). The Bertz CT molecular complexity index is 800. The fourth-order valence-electron chi connectivity index (χ4n) is 3.32. The van der Waals surface area contributed by atoms with Crippen LogP contribution in [0.2, 0.25) is 0 Å². The highest BCUT2D eigenvalue weighted by molar-refractivity contribution is 5.97. The standard InChI is InChI=1S/C19H22N4O3/c1-22-9-3-5-16(22)19(25)23-12-15(26-14-4-2-8-20-11-14)10-17(23)18(24)21-13-6-7-13/h2-5,8-9,11,13,15,17H,6-7,10,12H2,1H3,(H,21,24)/t15-,17-/m0/s1. The molecule has 26 heavy (non-hydrogen) atoms. The average Bonchev–Trinajstić information content (AvgIpc) is 3.18. The van der Waals surface area contributed by atoms with Crippen molar-refractivity contribution >= 4 is 11.8 Å². The van der Waals surface area contributed by atoms with E-state index < -0.39 is 6.04 Å². The number of aromatic nitrogens is 2. The Balaban J connectivity index is 1.53. The number of hydrogen-bond acceptors (Lipinski definition) is 4. The van der Waals surface area contributed by atoms with Crippen LogP contribution in [0, 0.1) is 0 Å². The summed E-state index contributed by atoms with van der Waals surface area (Å²) in [5, 5.41) is 3.02. The number of likely N-dealkylation sites (tertiary alicyclic amines) is 1. The van der Waals surface area contributed by atoms with Crippen LogP contribution in [0.15, 0.2) is 42.9 Å². The molecule has 1 saturated carbocycles. The highest BCUT2D eigenvalue weighted by atomic mass is 16.5. The van der Waals surface area contributed by atoms with Crippen LogP contribution in [-0.4, -0.2) is 51.0 Å². The maximum atomic E-state index is 13.0. The van der Waals surface area contributed by atoms with Crippen LogP contribution in [0.1, 0.15) is 29.8 Å². The summed E-state index contributed by atoms with van der Waals surface area (Å²) in [6.07, 6.45) is 7.41. The summed E-state index contributed by atoms with van der Waals surface area (Å²) in [6, 6.07) is 6.97. The van der Waals surface area contributed by atoms with Gasteiger partial charge in [-0.15, -0.1) is 0 Å². The lowest BCUT2D eigenvalue weighted by Gasteiger charge is -2.23. The molecule has 1 aliphatic carbocycles. The van der Waals surface area contributed by atoms with Crippen molar-refractivity contribution in [2.75, 3.05) is 6.54 Å². The van der Waals surface area contributed by atoms with Gasteiger partial charge in [0.25, 0.3) is 5.91 Å². The summed E-state index contributed by atoms with van der Waals surface area (Å²) in [4.78, 5) is 31.4. The van der Waals surface area contributed by atoms with Gasteiger partial charge in [-0.3, -0.25) is 14.6 Å². The molecule has 136 valence electrons. The predicted octanol–water partition coefficient (Wildman–Crippen LogP) is 1.36. The zero-order valence-electron chi connectivity index (χ0n) is 14.7. The van der Waals surface area contributed by atoms with Gasteiger partial charge in [-0.05, 0) is 37.1 Å². The van der Waals surface area contributed by atoms with Crippen LogP contribution in [0.5, 0.6) is 5.75 Å². The van der Waals surface area contributed by atoms with Gasteiger partial charge in [0.15, 0.2) is 0 Å². The first-order chi connectivity index (χ1) is 12.6. The Hall–Kier alpha value is -2.83. The molecule has 0 aromatic carbocycles. The second-order valence-corrected chi connectivity index (χ2v) is 6.92. The van der Waals surface area contributed by atoms with Crippen LogP contribution in [-0.2, 0) is 11.8 Å². The molecule has 2 aromatic heterocycles. The van der Waals surface area contributed by atoms with E-state index in [0.717, 1.165) is 12.8 Å². The van der Waals surface area contributed by atoms with Crippen molar-refractivity contribution in [2.45, 2.75) is 37.5 Å². The van der Waals surface area contributed by atoms with Crippen LogP contribution in [0.3, 0.4) is 0 Å². The minimum Gasteiger partial charge on any atom is -0.487 e. The van der Waals surface area contributed by atoms with Gasteiger partial charge in [-0.1, -0.05) is 0 Å². The number of rotatable bonds is 5. The Morgan fingerprint density at radius 3 is 2.77 bits per heavy atom. The van der Waals surface area contributed by atoms with Crippen molar-refractivity contribution in [1.82, 2.24) is 19.8 Å². The Kier molecular flexibility index (Phi) is 4.36. The van der Waals surface area contributed by atoms with E-state index >= 15 is 0 Å². The number of hydrogen-bond donors (Lipinski definition) is 1. The minimum atomic E-state index is -0.514. The SMILES string of the molecule is Cn1cccc1C(=O)N1C[C@@H](Oc2cccnc2)C[C@H]1C(=O)NC1CC1. The van der Waals surface area contributed by atoms with Crippen molar-refractivity contribution < 1.29 is 14.3 Å². The summed E-state index contributed by atoms with van der Waals surface area (Å²) in [7, 11) is 1.83. The van der Waals surface area contributed by atoms with Gasteiger partial charge in [0.05, 0.1) is 12.7 Å². The molecule has 2 atom stereocenters. The molecule has 7 heteroatoms. The maximum absolute atomic E-state index is 13.0. The molecule has 0 unspecified atom stereocenters. The number of nitrogens with one attached hydrogen (secondary N) is 1. The van der Waals surface area contributed by atoms with Crippen LogP contribution in [0.25, 0.3) is 0 Å². The van der Waals surface area contributed by atoms with Gasteiger partial charge >= 0.3 is 0 Å². The van der Waals surface area contributed by atoms with Crippen molar-refractivity contribution in [3.63, 3.8) is 0 Å². The molecule has 7 nitrogen and oxygen atoms in total. The van der Waals surface area contributed by atoms with Crippen molar-refractivity contribution in [2.24, 2.45) is 7.05 Å². The molecular weight excluding hydrogens is 332 g/mol. The minimum absolute atomic E-state index is 0.0904. The third-order valence-corrected chi connectivity index (χ3v) is 4.85. The van der Waals surface area contributed by atoms with Crippen LogP contribution in [0.4, 0.5) is 0 Å². The van der Waals surface area contributed by atoms with E-state index in [9.17, 15) is 9.59 Å². The number of pyridine rings is 1. The van der Waals surface area contributed by atoms with Crippen LogP contribution >= 0.6 is 0 Å². The monoisotopic (exact) mass is 354 g/mol. The van der Waals surface area contributed by atoms with E-state index in [1.807, 2.05) is 25.4 Å². The zero-order chi connectivity index (χ0) is 18.1. The topological polar surface area (TPSA) is 76.5 Å². The smallest absolute Gasteiger partial charge is 0.271 e. The molecule has 3 heterocycles. The molecule has 1 aliphatic heterocycles. The van der Waals surface area contributed by atoms with E-state index in [-0.39, 0.29) is 24.0 Å². The number of aryl methyl sites for hydroxylation is 1. The molecule has 0 spiro atoms. The second kappa shape index (κ2) is 6.82. The summed E-state index contributed by atoms with van der Waals surface area (Å²) >= 11 is 0. The Labute approximate surface area is 152 Å². The van der Waals surface area contributed by atoms with E-state index in [1.54, 1.807) is 34.0 Å². The molecule has 0 bridgehead atoms. The molecular formula is C19H22N4O3. The lowest BCUT2D eigenvalue weighted by atomic mass is 10.1. The summed E-state index contributed by atoms with van der Waals surface area (Å²) in [6.45, 7) is 0.377. The van der Waals surface area contributed by atoms with E-state index in [0.29, 0.717) is 24.4 Å². The second-order valence-electron chi connectivity index (χ2n) is 6.92. The molecule has 2 aliphatic rings. The molecule has 0 radical (unpaired) electrons. The van der Waals surface area contributed by atoms with Crippen molar-refractivity contribution in [3.8, 4) is 5.75 Å². The highest BCUT2D eigenvalue weighted by Gasteiger charge is 2.42. The largest absolute Gasteiger partial charge is 0.487 e. The first-order valence-electron chi connectivity index (χ1n) is 8.91. The van der Waals surface area contributed by atoms with E-state index in [2.05, 4.69) is 10.3 Å². The fourth-order valence-corrected chi connectivity index (χ4v) is 3.32. The Morgan fingerprint density at radius 1 is 1.27 bits per heavy atom. The third kappa shape index (κ3) is 3.42. The van der Waals surface area contributed by atoms with Crippen molar-refractivity contribution in [1.29, 1.82) is 0 Å².